The lowest BCUT2D eigenvalue weighted by Crippen LogP contribution is -2.49. The van der Waals surface area contributed by atoms with Gasteiger partial charge >= 0.3 is 0 Å². The van der Waals surface area contributed by atoms with Crippen molar-refractivity contribution < 1.29 is 4.79 Å². The van der Waals surface area contributed by atoms with E-state index in [0.717, 1.165) is 37.8 Å². The van der Waals surface area contributed by atoms with Crippen LogP contribution < -0.4 is 9.80 Å². The third kappa shape index (κ3) is 3.60. The van der Waals surface area contributed by atoms with Crippen molar-refractivity contribution >= 4 is 29.1 Å². The highest BCUT2D eigenvalue weighted by atomic mass is 35.5. The number of piperazine rings is 1. The van der Waals surface area contributed by atoms with E-state index in [-0.39, 0.29) is 5.91 Å². The molecule has 0 unspecified atom stereocenters. The molecule has 0 bridgehead atoms. The molecular formula is C19H22ClN5O. The van der Waals surface area contributed by atoms with E-state index in [4.69, 9.17) is 11.6 Å². The summed E-state index contributed by atoms with van der Waals surface area (Å²) in [7, 11) is 0. The van der Waals surface area contributed by atoms with Crippen LogP contribution in [0.5, 0.6) is 0 Å². The molecule has 3 heterocycles. The molecule has 4 rings (SSSR count). The summed E-state index contributed by atoms with van der Waals surface area (Å²) in [4.78, 5) is 27.9. The Hall–Kier alpha value is -2.34. The van der Waals surface area contributed by atoms with Crippen LogP contribution in [0.15, 0.2) is 36.7 Å². The molecule has 6 nitrogen and oxygen atoms in total. The average Bonchev–Trinajstić information content (AvgIpc) is 3.23. The van der Waals surface area contributed by atoms with Crippen LogP contribution in [0.25, 0.3) is 0 Å². The molecule has 0 saturated carbocycles. The molecule has 26 heavy (non-hydrogen) atoms. The van der Waals surface area contributed by atoms with Gasteiger partial charge in [0.25, 0.3) is 5.91 Å². The van der Waals surface area contributed by atoms with Crippen molar-refractivity contribution in [2.75, 3.05) is 49.1 Å². The van der Waals surface area contributed by atoms with Gasteiger partial charge in [0.15, 0.2) is 0 Å². The van der Waals surface area contributed by atoms with Gasteiger partial charge in [-0.25, -0.2) is 9.97 Å². The third-order valence-electron chi connectivity index (χ3n) is 5.03. The Kier molecular flexibility index (Phi) is 4.93. The van der Waals surface area contributed by atoms with Crippen molar-refractivity contribution in [3.05, 3.63) is 47.2 Å². The van der Waals surface area contributed by atoms with Crippen LogP contribution in [-0.2, 0) is 0 Å². The summed E-state index contributed by atoms with van der Waals surface area (Å²) in [5.41, 5.74) is 0.643. The Morgan fingerprint density at radius 2 is 1.54 bits per heavy atom. The molecule has 2 fully saturated rings. The molecule has 0 spiro atoms. The Bertz CT molecular complexity index is 785. The fourth-order valence-electron chi connectivity index (χ4n) is 3.57. The Morgan fingerprint density at radius 1 is 0.885 bits per heavy atom. The molecule has 0 radical (unpaired) electrons. The van der Waals surface area contributed by atoms with Crippen molar-refractivity contribution in [3.8, 4) is 0 Å². The second kappa shape index (κ2) is 7.50. The maximum atomic E-state index is 12.6. The molecule has 0 aliphatic carbocycles. The number of hydrogen-bond acceptors (Lipinski definition) is 5. The van der Waals surface area contributed by atoms with Gasteiger partial charge in [-0.2, -0.15) is 0 Å². The van der Waals surface area contributed by atoms with Gasteiger partial charge < -0.3 is 14.7 Å². The molecule has 2 aliphatic rings. The fraction of sp³-hybridized carbons (Fsp3) is 0.421. The SMILES string of the molecule is O=C(c1cccc(Cl)c1)N1CCN(c2cc(N3CCCC3)ncn2)CC1. The number of rotatable bonds is 3. The van der Waals surface area contributed by atoms with Crippen molar-refractivity contribution in [1.29, 1.82) is 0 Å². The van der Waals surface area contributed by atoms with Crippen LogP contribution >= 0.6 is 11.6 Å². The molecule has 0 N–H and O–H groups in total. The smallest absolute Gasteiger partial charge is 0.254 e. The van der Waals surface area contributed by atoms with Crippen molar-refractivity contribution in [3.63, 3.8) is 0 Å². The first-order valence-electron chi connectivity index (χ1n) is 9.07. The van der Waals surface area contributed by atoms with Crippen molar-refractivity contribution in [2.24, 2.45) is 0 Å². The number of amides is 1. The molecule has 136 valence electrons. The van der Waals surface area contributed by atoms with Gasteiger partial charge in [0, 0.05) is 55.9 Å². The zero-order chi connectivity index (χ0) is 17.9. The van der Waals surface area contributed by atoms with E-state index >= 15 is 0 Å². The number of aromatic nitrogens is 2. The lowest BCUT2D eigenvalue weighted by Gasteiger charge is -2.35. The minimum absolute atomic E-state index is 0.0348. The topological polar surface area (TPSA) is 52.6 Å². The Morgan fingerprint density at radius 3 is 2.19 bits per heavy atom. The summed E-state index contributed by atoms with van der Waals surface area (Å²) in [5, 5.41) is 0.588. The second-order valence-electron chi connectivity index (χ2n) is 6.72. The van der Waals surface area contributed by atoms with Crippen LogP contribution in [0.2, 0.25) is 5.02 Å². The Labute approximate surface area is 158 Å². The van der Waals surface area contributed by atoms with Crippen LogP contribution in [0.1, 0.15) is 23.2 Å². The summed E-state index contributed by atoms with van der Waals surface area (Å²) < 4.78 is 0. The van der Waals surface area contributed by atoms with Gasteiger partial charge in [-0.3, -0.25) is 4.79 Å². The lowest BCUT2D eigenvalue weighted by molar-refractivity contribution is 0.0746. The Balaban J connectivity index is 1.40. The molecule has 2 saturated heterocycles. The van der Waals surface area contributed by atoms with Crippen LogP contribution in [0, 0.1) is 0 Å². The quantitative estimate of drug-likeness (QED) is 0.830. The number of hydrogen-bond donors (Lipinski definition) is 0. The molecule has 7 heteroatoms. The first-order chi connectivity index (χ1) is 12.7. The highest BCUT2D eigenvalue weighted by Gasteiger charge is 2.24. The first-order valence-corrected chi connectivity index (χ1v) is 9.45. The highest BCUT2D eigenvalue weighted by molar-refractivity contribution is 6.30. The largest absolute Gasteiger partial charge is 0.356 e. The van der Waals surface area contributed by atoms with E-state index in [1.54, 1.807) is 18.5 Å². The molecule has 1 amide bonds. The number of carbonyl (C=O) groups is 1. The van der Waals surface area contributed by atoms with Gasteiger partial charge in [0.05, 0.1) is 0 Å². The van der Waals surface area contributed by atoms with E-state index in [0.29, 0.717) is 23.7 Å². The highest BCUT2D eigenvalue weighted by Crippen LogP contribution is 2.22. The molecule has 2 aliphatic heterocycles. The minimum atomic E-state index is 0.0348. The molecule has 1 aromatic heterocycles. The number of nitrogens with zero attached hydrogens (tertiary/aromatic N) is 5. The van der Waals surface area contributed by atoms with Crippen LogP contribution in [0.3, 0.4) is 0 Å². The molecule has 2 aromatic rings. The first kappa shape index (κ1) is 17.1. The maximum absolute atomic E-state index is 12.6. The van der Waals surface area contributed by atoms with Gasteiger partial charge in [-0.1, -0.05) is 17.7 Å². The summed E-state index contributed by atoms with van der Waals surface area (Å²) in [6.07, 6.45) is 4.10. The van der Waals surface area contributed by atoms with E-state index in [1.165, 1.54) is 12.8 Å². The van der Waals surface area contributed by atoms with Crippen LogP contribution in [0.4, 0.5) is 11.6 Å². The molecule has 1 aromatic carbocycles. The van der Waals surface area contributed by atoms with Gasteiger partial charge in [0.1, 0.15) is 18.0 Å². The predicted octanol–water partition coefficient (Wildman–Crippen LogP) is 2.69. The van der Waals surface area contributed by atoms with Gasteiger partial charge in [0.2, 0.25) is 0 Å². The third-order valence-corrected chi connectivity index (χ3v) is 5.27. The van der Waals surface area contributed by atoms with E-state index < -0.39 is 0 Å². The molecule has 0 atom stereocenters. The minimum Gasteiger partial charge on any atom is -0.356 e. The van der Waals surface area contributed by atoms with Gasteiger partial charge in [-0.15, -0.1) is 0 Å². The average molecular weight is 372 g/mol. The van der Waals surface area contributed by atoms with Gasteiger partial charge in [-0.05, 0) is 31.0 Å². The van der Waals surface area contributed by atoms with Crippen molar-refractivity contribution in [1.82, 2.24) is 14.9 Å². The summed E-state index contributed by atoms with van der Waals surface area (Å²) in [6.45, 7) is 5.02. The zero-order valence-electron chi connectivity index (χ0n) is 14.6. The summed E-state index contributed by atoms with van der Waals surface area (Å²) in [5.74, 6) is 1.98. The second-order valence-corrected chi connectivity index (χ2v) is 7.15. The van der Waals surface area contributed by atoms with Crippen molar-refractivity contribution in [2.45, 2.75) is 12.8 Å². The lowest BCUT2D eigenvalue weighted by atomic mass is 10.2. The number of benzene rings is 1. The maximum Gasteiger partial charge on any atom is 0.254 e. The number of anilines is 2. The van der Waals surface area contributed by atoms with E-state index in [9.17, 15) is 4.79 Å². The van der Waals surface area contributed by atoms with E-state index in [2.05, 4.69) is 25.8 Å². The number of halogens is 1. The number of carbonyl (C=O) groups excluding carboxylic acids is 1. The normalized spacial score (nSPS) is 17.7. The zero-order valence-corrected chi connectivity index (χ0v) is 15.4. The predicted molar refractivity (Wildman–Crippen MR) is 103 cm³/mol. The standard InChI is InChI=1S/C19H22ClN5O/c20-16-5-3-4-15(12-16)19(26)25-10-8-24(9-11-25)18-13-17(21-14-22-18)23-6-1-2-7-23/h3-5,12-14H,1-2,6-11H2. The molecular weight excluding hydrogens is 350 g/mol. The van der Waals surface area contributed by atoms with E-state index in [1.807, 2.05) is 17.0 Å². The fourth-order valence-corrected chi connectivity index (χ4v) is 3.76. The summed E-state index contributed by atoms with van der Waals surface area (Å²) >= 11 is 6.00. The summed E-state index contributed by atoms with van der Waals surface area (Å²) in [6, 6.07) is 9.20. The van der Waals surface area contributed by atoms with Crippen LogP contribution in [-0.4, -0.2) is 60.0 Å². The monoisotopic (exact) mass is 371 g/mol.